The summed E-state index contributed by atoms with van der Waals surface area (Å²) in [5.74, 6) is 0.147. The van der Waals surface area contributed by atoms with Crippen molar-refractivity contribution in [3.8, 4) is 0 Å². The molecule has 1 fully saturated rings. The average molecular weight is 219 g/mol. The van der Waals surface area contributed by atoms with Gasteiger partial charge in [0.15, 0.2) is 5.84 Å². The minimum atomic E-state index is 0.147. The van der Waals surface area contributed by atoms with Gasteiger partial charge >= 0.3 is 0 Å². The summed E-state index contributed by atoms with van der Waals surface area (Å²) < 4.78 is 0. The largest absolute Gasteiger partial charge is 0.409 e. The van der Waals surface area contributed by atoms with Crippen molar-refractivity contribution in [3.63, 3.8) is 0 Å². The van der Waals surface area contributed by atoms with Crippen molar-refractivity contribution in [1.82, 2.24) is 5.32 Å². The summed E-state index contributed by atoms with van der Waals surface area (Å²) in [6.45, 7) is 3.10. The highest BCUT2D eigenvalue weighted by Crippen LogP contribution is 2.34. The van der Waals surface area contributed by atoms with E-state index in [2.05, 4.69) is 17.4 Å². The molecule has 1 aliphatic carbocycles. The molecule has 0 aromatic heterocycles. The van der Waals surface area contributed by atoms with Crippen molar-refractivity contribution in [1.29, 1.82) is 0 Å². The lowest BCUT2D eigenvalue weighted by atomic mass is 10.1. The zero-order chi connectivity index (χ0) is 11.6. The van der Waals surface area contributed by atoms with Crippen LogP contribution in [-0.4, -0.2) is 16.6 Å². The van der Waals surface area contributed by atoms with Crippen LogP contribution in [0.3, 0.4) is 0 Å². The van der Waals surface area contributed by atoms with Gasteiger partial charge in [0.25, 0.3) is 0 Å². The highest BCUT2D eigenvalue weighted by Gasteiger charge is 2.36. The second-order valence-corrected chi connectivity index (χ2v) is 4.60. The van der Waals surface area contributed by atoms with Gasteiger partial charge in [0.05, 0.1) is 0 Å². The van der Waals surface area contributed by atoms with Crippen molar-refractivity contribution >= 4 is 5.84 Å². The number of hydrogen-bond donors (Lipinski definition) is 3. The second kappa shape index (κ2) is 4.14. The van der Waals surface area contributed by atoms with Gasteiger partial charge in [0.1, 0.15) is 0 Å². The summed E-state index contributed by atoms with van der Waals surface area (Å²) in [5, 5.41) is 15.0. The van der Waals surface area contributed by atoms with Gasteiger partial charge in [-0.1, -0.05) is 29.4 Å². The lowest BCUT2D eigenvalue weighted by molar-refractivity contribution is 0.318. The lowest BCUT2D eigenvalue weighted by Gasteiger charge is -2.11. The van der Waals surface area contributed by atoms with Crippen LogP contribution in [0.25, 0.3) is 0 Å². The Morgan fingerprint density at radius 3 is 2.56 bits per heavy atom. The minimum absolute atomic E-state index is 0.147. The summed E-state index contributed by atoms with van der Waals surface area (Å²) in [4.78, 5) is 0. The molecular weight excluding hydrogens is 202 g/mol. The third-order valence-electron chi connectivity index (χ3n) is 3.08. The smallest absolute Gasteiger partial charge is 0.170 e. The highest BCUT2D eigenvalue weighted by molar-refractivity contribution is 5.96. The first-order valence-electron chi connectivity index (χ1n) is 5.45. The van der Waals surface area contributed by atoms with Gasteiger partial charge in [0, 0.05) is 17.6 Å². The Bertz CT molecular complexity index is 393. The number of amidine groups is 1. The molecule has 0 radical (unpaired) electrons. The van der Waals surface area contributed by atoms with E-state index >= 15 is 0 Å². The van der Waals surface area contributed by atoms with Gasteiger partial charge in [-0.2, -0.15) is 0 Å². The molecule has 2 rings (SSSR count). The molecule has 1 aromatic carbocycles. The van der Waals surface area contributed by atoms with Gasteiger partial charge < -0.3 is 16.3 Å². The first-order chi connectivity index (χ1) is 7.63. The van der Waals surface area contributed by atoms with E-state index in [1.807, 2.05) is 24.3 Å². The van der Waals surface area contributed by atoms with Crippen LogP contribution in [0.15, 0.2) is 29.4 Å². The highest BCUT2D eigenvalue weighted by atomic mass is 16.4. The molecule has 0 bridgehead atoms. The van der Waals surface area contributed by atoms with E-state index in [4.69, 9.17) is 10.9 Å². The molecular formula is C12H17N3O. The topological polar surface area (TPSA) is 70.6 Å². The van der Waals surface area contributed by atoms with E-state index in [1.165, 1.54) is 18.4 Å². The molecule has 0 amide bonds. The van der Waals surface area contributed by atoms with E-state index in [9.17, 15) is 0 Å². The molecule has 86 valence electrons. The van der Waals surface area contributed by atoms with Crippen LogP contribution in [0, 0.1) is 0 Å². The standard InChI is InChI=1S/C12H17N3O/c1-12(6-7-12)14-8-9-2-4-10(5-3-9)11(13)15-16/h2-5,14,16H,6-8H2,1H3,(H2,13,15). The summed E-state index contributed by atoms with van der Waals surface area (Å²) in [5.41, 5.74) is 7.78. The molecule has 0 spiro atoms. The first kappa shape index (κ1) is 11.0. The zero-order valence-corrected chi connectivity index (χ0v) is 9.40. The third-order valence-corrected chi connectivity index (χ3v) is 3.08. The molecule has 4 N–H and O–H groups in total. The predicted molar refractivity (Wildman–Crippen MR) is 63.4 cm³/mol. The molecule has 0 unspecified atom stereocenters. The van der Waals surface area contributed by atoms with E-state index in [0.29, 0.717) is 5.54 Å². The number of benzene rings is 1. The molecule has 4 nitrogen and oxygen atoms in total. The maximum absolute atomic E-state index is 8.53. The van der Waals surface area contributed by atoms with Crippen molar-refractivity contribution in [2.75, 3.05) is 0 Å². The summed E-state index contributed by atoms with van der Waals surface area (Å²) in [6, 6.07) is 7.71. The fourth-order valence-corrected chi connectivity index (χ4v) is 1.53. The van der Waals surface area contributed by atoms with Crippen LogP contribution in [0.1, 0.15) is 30.9 Å². The van der Waals surface area contributed by atoms with E-state index in [0.717, 1.165) is 12.1 Å². The van der Waals surface area contributed by atoms with Crippen LogP contribution in [-0.2, 0) is 6.54 Å². The number of oxime groups is 1. The van der Waals surface area contributed by atoms with Crippen molar-refractivity contribution in [2.45, 2.75) is 31.8 Å². The Labute approximate surface area is 95.1 Å². The zero-order valence-electron chi connectivity index (χ0n) is 9.40. The molecule has 1 aromatic rings. The van der Waals surface area contributed by atoms with E-state index in [1.54, 1.807) is 0 Å². The number of nitrogens with one attached hydrogen (secondary N) is 1. The van der Waals surface area contributed by atoms with E-state index in [-0.39, 0.29) is 5.84 Å². The Morgan fingerprint density at radius 1 is 1.44 bits per heavy atom. The van der Waals surface area contributed by atoms with Crippen LogP contribution < -0.4 is 11.1 Å². The lowest BCUT2D eigenvalue weighted by Crippen LogP contribution is -2.26. The Hall–Kier alpha value is -1.55. The predicted octanol–water partition coefficient (Wildman–Crippen LogP) is 1.42. The van der Waals surface area contributed by atoms with Crippen molar-refractivity contribution in [2.24, 2.45) is 10.9 Å². The second-order valence-electron chi connectivity index (χ2n) is 4.60. The van der Waals surface area contributed by atoms with Crippen LogP contribution >= 0.6 is 0 Å². The third kappa shape index (κ3) is 2.52. The molecule has 0 saturated heterocycles. The summed E-state index contributed by atoms with van der Waals surface area (Å²) >= 11 is 0. The van der Waals surface area contributed by atoms with Crippen LogP contribution in [0.5, 0.6) is 0 Å². The SMILES string of the molecule is CC1(NCc2ccc(/C(N)=N/O)cc2)CC1. The number of nitrogens with two attached hydrogens (primary N) is 1. The fourth-order valence-electron chi connectivity index (χ4n) is 1.53. The molecule has 0 heterocycles. The molecule has 1 aliphatic rings. The number of hydrogen-bond acceptors (Lipinski definition) is 3. The molecule has 0 aliphatic heterocycles. The van der Waals surface area contributed by atoms with Gasteiger partial charge in [-0.15, -0.1) is 0 Å². The van der Waals surface area contributed by atoms with Gasteiger partial charge in [0.2, 0.25) is 0 Å². The normalized spacial score (nSPS) is 18.4. The van der Waals surface area contributed by atoms with Crippen LogP contribution in [0.2, 0.25) is 0 Å². The average Bonchev–Trinajstić information content (AvgIpc) is 3.05. The minimum Gasteiger partial charge on any atom is -0.409 e. The van der Waals surface area contributed by atoms with Crippen molar-refractivity contribution in [3.05, 3.63) is 35.4 Å². The molecule has 1 saturated carbocycles. The number of rotatable bonds is 4. The summed E-state index contributed by atoms with van der Waals surface area (Å²) in [7, 11) is 0. The molecule has 4 heteroatoms. The van der Waals surface area contributed by atoms with Gasteiger partial charge in [-0.3, -0.25) is 0 Å². The van der Waals surface area contributed by atoms with Gasteiger partial charge in [-0.05, 0) is 25.3 Å². The maximum atomic E-state index is 8.53. The summed E-state index contributed by atoms with van der Waals surface area (Å²) in [6.07, 6.45) is 2.52. The van der Waals surface area contributed by atoms with Crippen molar-refractivity contribution < 1.29 is 5.21 Å². The quantitative estimate of drug-likeness (QED) is 0.310. The first-order valence-corrected chi connectivity index (χ1v) is 5.45. The Kier molecular flexibility index (Phi) is 2.83. The Balaban J connectivity index is 1.96. The number of nitrogens with zero attached hydrogens (tertiary/aromatic N) is 1. The fraction of sp³-hybridized carbons (Fsp3) is 0.417. The van der Waals surface area contributed by atoms with Gasteiger partial charge in [-0.25, -0.2) is 0 Å². The Morgan fingerprint density at radius 2 is 2.06 bits per heavy atom. The maximum Gasteiger partial charge on any atom is 0.170 e. The monoisotopic (exact) mass is 219 g/mol. The molecule has 16 heavy (non-hydrogen) atoms. The van der Waals surface area contributed by atoms with E-state index < -0.39 is 0 Å². The molecule has 0 atom stereocenters. The van der Waals surface area contributed by atoms with Crippen LogP contribution in [0.4, 0.5) is 0 Å².